The zero-order valence-electron chi connectivity index (χ0n) is 8.55. The Morgan fingerprint density at radius 1 is 1.53 bits per heavy atom. The van der Waals surface area contributed by atoms with Gasteiger partial charge in [-0.2, -0.15) is 4.98 Å². The van der Waals surface area contributed by atoms with Gasteiger partial charge in [-0.15, -0.1) is 0 Å². The molecule has 0 saturated carbocycles. The third-order valence-electron chi connectivity index (χ3n) is 2.00. The average molecular weight is 207 g/mol. The van der Waals surface area contributed by atoms with Crippen molar-refractivity contribution in [3.63, 3.8) is 0 Å². The molecule has 6 nitrogen and oxygen atoms in total. The molecule has 0 aliphatic rings. The molecule has 0 unspecified atom stereocenters. The number of hydrogen-bond donors (Lipinski definition) is 1. The molecule has 0 saturated heterocycles. The van der Waals surface area contributed by atoms with E-state index in [9.17, 15) is 0 Å². The molecule has 15 heavy (non-hydrogen) atoms. The molecule has 0 radical (unpaired) electrons. The molecule has 0 bridgehead atoms. The van der Waals surface area contributed by atoms with Gasteiger partial charge in [-0.3, -0.25) is 0 Å². The SMILES string of the molecule is Cn1cnc(-c2nc(CCCN)no2)c1. The van der Waals surface area contributed by atoms with Crippen LogP contribution in [0.5, 0.6) is 0 Å². The number of aryl methyl sites for hydroxylation is 2. The molecule has 80 valence electrons. The van der Waals surface area contributed by atoms with Gasteiger partial charge in [-0.25, -0.2) is 4.98 Å². The lowest BCUT2D eigenvalue weighted by atomic mass is 10.3. The summed E-state index contributed by atoms with van der Waals surface area (Å²) >= 11 is 0. The molecule has 0 aromatic carbocycles. The Bertz CT molecular complexity index is 433. The predicted octanol–water partition coefficient (Wildman–Crippen LogP) is 0.361. The van der Waals surface area contributed by atoms with Crippen LogP contribution in [0, 0.1) is 0 Å². The topological polar surface area (TPSA) is 82.8 Å². The second-order valence-electron chi connectivity index (χ2n) is 3.33. The van der Waals surface area contributed by atoms with Crippen LogP contribution in [0.3, 0.4) is 0 Å². The molecule has 2 aromatic rings. The molecule has 0 atom stereocenters. The second kappa shape index (κ2) is 4.22. The maximum absolute atomic E-state index is 5.40. The van der Waals surface area contributed by atoms with Gasteiger partial charge in [0.25, 0.3) is 5.89 Å². The van der Waals surface area contributed by atoms with Crippen LogP contribution >= 0.6 is 0 Å². The van der Waals surface area contributed by atoms with Gasteiger partial charge in [0.1, 0.15) is 5.69 Å². The molecule has 0 amide bonds. The van der Waals surface area contributed by atoms with E-state index in [1.54, 1.807) is 6.33 Å². The van der Waals surface area contributed by atoms with Crippen LogP contribution in [0.15, 0.2) is 17.0 Å². The van der Waals surface area contributed by atoms with E-state index in [-0.39, 0.29) is 0 Å². The van der Waals surface area contributed by atoms with E-state index in [2.05, 4.69) is 15.1 Å². The van der Waals surface area contributed by atoms with Crippen LogP contribution in [0.1, 0.15) is 12.2 Å². The summed E-state index contributed by atoms with van der Waals surface area (Å²) in [5.41, 5.74) is 6.09. The van der Waals surface area contributed by atoms with Crippen molar-refractivity contribution in [1.82, 2.24) is 19.7 Å². The first-order chi connectivity index (χ1) is 7.29. The van der Waals surface area contributed by atoms with Gasteiger partial charge in [0.15, 0.2) is 5.82 Å². The molecule has 6 heteroatoms. The Labute approximate surface area is 87.1 Å². The van der Waals surface area contributed by atoms with Crippen LogP contribution in [0.4, 0.5) is 0 Å². The van der Waals surface area contributed by atoms with Crippen LogP contribution in [-0.2, 0) is 13.5 Å². The highest BCUT2D eigenvalue weighted by atomic mass is 16.5. The van der Waals surface area contributed by atoms with Crippen molar-refractivity contribution in [2.45, 2.75) is 12.8 Å². The first-order valence-corrected chi connectivity index (χ1v) is 4.80. The van der Waals surface area contributed by atoms with Crippen molar-refractivity contribution in [2.24, 2.45) is 12.8 Å². The van der Waals surface area contributed by atoms with E-state index in [0.717, 1.165) is 12.8 Å². The summed E-state index contributed by atoms with van der Waals surface area (Å²) in [5, 5.41) is 3.85. The highest BCUT2D eigenvalue weighted by Gasteiger charge is 2.10. The fourth-order valence-electron chi connectivity index (χ4n) is 1.24. The predicted molar refractivity (Wildman–Crippen MR) is 53.9 cm³/mol. The highest BCUT2D eigenvalue weighted by molar-refractivity contribution is 5.44. The fraction of sp³-hybridized carbons (Fsp3) is 0.444. The van der Waals surface area contributed by atoms with Gasteiger partial charge >= 0.3 is 0 Å². The summed E-state index contributed by atoms with van der Waals surface area (Å²) < 4.78 is 6.92. The summed E-state index contributed by atoms with van der Waals surface area (Å²) in [6.07, 6.45) is 5.13. The van der Waals surface area contributed by atoms with E-state index in [0.29, 0.717) is 24.0 Å². The molecule has 2 N–H and O–H groups in total. The van der Waals surface area contributed by atoms with Crippen molar-refractivity contribution >= 4 is 0 Å². The molecule has 2 aromatic heterocycles. The zero-order chi connectivity index (χ0) is 10.7. The first kappa shape index (κ1) is 9.85. The summed E-state index contributed by atoms with van der Waals surface area (Å²) in [7, 11) is 1.89. The van der Waals surface area contributed by atoms with Gasteiger partial charge in [0, 0.05) is 19.7 Å². The summed E-state index contributed by atoms with van der Waals surface area (Å²) in [4.78, 5) is 8.34. The number of nitrogens with zero attached hydrogens (tertiary/aromatic N) is 4. The number of hydrogen-bond acceptors (Lipinski definition) is 5. The van der Waals surface area contributed by atoms with Crippen molar-refractivity contribution in [3.8, 4) is 11.6 Å². The molecule has 0 aliphatic heterocycles. The van der Waals surface area contributed by atoms with Crippen molar-refractivity contribution < 1.29 is 4.52 Å². The Hall–Kier alpha value is -1.69. The van der Waals surface area contributed by atoms with Crippen molar-refractivity contribution in [2.75, 3.05) is 6.54 Å². The zero-order valence-corrected chi connectivity index (χ0v) is 8.55. The third kappa shape index (κ3) is 2.21. The minimum Gasteiger partial charge on any atom is -0.340 e. The molecule has 0 fully saturated rings. The van der Waals surface area contributed by atoms with Crippen LogP contribution < -0.4 is 5.73 Å². The molecule has 2 rings (SSSR count). The van der Waals surface area contributed by atoms with E-state index in [1.165, 1.54) is 0 Å². The van der Waals surface area contributed by atoms with Crippen molar-refractivity contribution in [1.29, 1.82) is 0 Å². The molecule has 0 aliphatic carbocycles. The highest BCUT2D eigenvalue weighted by Crippen LogP contribution is 2.13. The lowest BCUT2D eigenvalue weighted by molar-refractivity contribution is 0.420. The number of nitrogens with two attached hydrogens (primary N) is 1. The Kier molecular flexibility index (Phi) is 2.77. The maximum atomic E-state index is 5.40. The quantitative estimate of drug-likeness (QED) is 0.782. The fourth-order valence-corrected chi connectivity index (χ4v) is 1.24. The summed E-state index contributed by atoms with van der Waals surface area (Å²) in [6.45, 7) is 0.632. The largest absolute Gasteiger partial charge is 0.340 e. The molecular formula is C9H13N5O. The van der Waals surface area contributed by atoms with E-state index in [1.807, 2.05) is 17.8 Å². The van der Waals surface area contributed by atoms with Crippen LogP contribution in [0.2, 0.25) is 0 Å². The van der Waals surface area contributed by atoms with Gasteiger partial charge in [-0.1, -0.05) is 5.16 Å². The molecule has 0 spiro atoms. The molecular weight excluding hydrogens is 194 g/mol. The first-order valence-electron chi connectivity index (χ1n) is 4.80. The summed E-state index contributed by atoms with van der Waals surface area (Å²) in [5.74, 6) is 1.14. The average Bonchev–Trinajstić information content (AvgIpc) is 2.83. The van der Waals surface area contributed by atoms with Gasteiger partial charge in [0.2, 0.25) is 0 Å². The Morgan fingerprint density at radius 3 is 3.07 bits per heavy atom. The normalized spacial score (nSPS) is 10.8. The minimum absolute atomic E-state index is 0.461. The number of imidazole rings is 1. The lowest BCUT2D eigenvalue weighted by Gasteiger charge is -1.88. The number of rotatable bonds is 4. The number of aromatic nitrogens is 4. The standard InChI is InChI=1S/C9H13N5O/c1-14-5-7(11-6-14)9-12-8(13-15-9)3-2-4-10/h5-6H,2-4,10H2,1H3. The minimum atomic E-state index is 0.461. The van der Waals surface area contributed by atoms with Gasteiger partial charge in [0.05, 0.1) is 6.33 Å². The van der Waals surface area contributed by atoms with Crippen LogP contribution in [0.25, 0.3) is 11.6 Å². The van der Waals surface area contributed by atoms with Gasteiger partial charge < -0.3 is 14.8 Å². The lowest BCUT2D eigenvalue weighted by Crippen LogP contribution is -2.01. The Morgan fingerprint density at radius 2 is 2.40 bits per heavy atom. The van der Waals surface area contributed by atoms with Crippen molar-refractivity contribution in [3.05, 3.63) is 18.3 Å². The monoisotopic (exact) mass is 207 g/mol. The molecule has 2 heterocycles. The third-order valence-corrected chi connectivity index (χ3v) is 2.00. The van der Waals surface area contributed by atoms with Crippen LogP contribution in [-0.4, -0.2) is 26.2 Å². The smallest absolute Gasteiger partial charge is 0.278 e. The second-order valence-corrected chi connectivity index (χ2v) is 3.33. The van der Waals surface area contributed by atoms with Gasteiger partial charge in [-0.05, 0) is 13.0 Å². The van der Waals surface area contributed by atoms with E-state index in [4.69, 9.17) is 10.3 Å². The summed E-state index contributed by atoms with van der Waals surface area (Å²) in [6, 6.07) is 0. The van der Waals surface area contributed by atoms with E-state index >= 15 is 0 Å². The maximum Gasteiger partial charge on any atom is 0.278 e. The Balaban J connectivity index is 2.13. The van der Waals surface area contributed by atoms with E-state index < -0.39 is 0 Å².